The first-order chi connectivity index (χ1) is 7.18. The van der Waals surface area contributed by atoms with Crippen LogP contribution in [0.25, 0.3) is 0 Å². The van der Waals surface area contributed by atoms with E-state index in [-0.39, 0.29) is 0 Å². The SMILES string of the molecule is CN(C)c1nc(N2CCCC2)ccc1N. The number of rotatable bonds is 2. The van der Waals surface area contributed by atoms with E-state index >= 15 is 0 Å². The summed E-state index contributed by atoms with van der Waals surface area (Å²) in [6.45, 7) is 2.23. The molecular weight excluding hydrogens is 188 g/mol. The first kappa shape index (κ1) is 10.1. The Labute approximate surface area is 90.7 Å². The maximum atomic E-state index is 5.87. The highest BCUT2D eigenvalue weighted by Crippen LogP contribution is 2.24. The average Bonchev–Trinajstić information content (AvgIpc) is 2.71. The van der Waals surface area contributed by atoms with Crippen LogP contribution in [-0.2, 0) is 0 Å². The molecule has 15 heavy (non-hydrogen) atoms. The highest BCUT2D eigenvalue weighted by molar-refractivity contribution is 5.65. The summed E-state index contributed by atoms with van der Waals surface area (Å²) in [6.07, 6.45) is 2.53. The van der Waals surface area contributed by atoms with Crippen molar-refractivity contribution in [2.45, 2.75) is 12.8 Å². The Bertz CT molecular complexity index is 342. The molecule has 2 rings (SSSR count). The summed E-state index contributed by atoms with van der Waals surface area (Å²) >= 11 is 0. The Morgan fingerprint density at radius 2 is 1.93 bits per heavy atom. The van der Waals surface area contributed by atoms with Crippen molar-refractivity contribution in [3.8, 4) is 0 Å². The summed E-state index contributed by atoms with van der Waals surface area (Å²) in [6, 6.07) is 3.95. The molecule has 0 aromatic carbocycles. The Hall–Kier alpha value is -1.45. The van der Waals surface area contributed by atoms with Gasteiger partial charge in [0.05, 0.1) is 5.69 Å². The first-order valence-electron chi connectivity index (χ1n) is 5.37. The zero-order chi connectivity index (χ0) is 10.8. The predicted octanol–water partition coefficient (Wildman–Crippen LogP) is 1.33. The Morgan fingerprint density at radius 1 is 1.27 bits per heavy atom. The van der Waals surface area contributed by atoms with Crippen molar-refractivity contribution in [1.82, 2.24) is 4.98 Å². The van der Waals surface area contributed by atoms with Gasteiger partial charge in [-0.05, 0) is 25.0 Å². The molecule has 0 radical (unpaired) electrons. The highest BCUT2D eigenvalue weighted by Gasteiger charge is 2.15. The summed E-state index contributed by atoms with van der Waals surface area (Å²) in [4.78, 5) is 8.85. The minimum Gasteiger partial charge on any atom is -0.396 e. The van der Waals surface area contributed by atoms with Crippen molar-refractivity contribution in [1.29, 1.82) is 0 Å². The summed E-state index contributed by atoms with van der Waals surface area (Å²) in [7, 11) is 3.93. The van der Waals surface area contributed by atoms with Crippen molar-refractivity contribution in [2.75, 3.05) is 42.7 Å². The number of nitrogen functional groups attached to an aromatic ring is 1. The second kappa shape index (κ2) is 3.96. The summed E-state index contributed by atoms with van der Waals surface area (Å²) < 4.78 is 0. The average molecular weight is 206 g/mol. The molecule has 0 bridgehead atoms. The first-order valence-corrected chi connectivity index (χ1v) is 5.37. The quantitative estimate of drug-likeness (QED) is 0.793. The molecule has 1 saturated heterocycles. The van der Waals surface area contributed by atoms with Crippen LogP contribution in [0, 0.1) is 0 Å². The second-order valence-electron chi connectivity index (χ2n) is 4.17. The molecule has 1 aromatic heterocycles. The second-order valence-corrected chi connectivity index (χ2v) is 4.17. The van der Waals surface area contributed by atoms with E-state index < -0.39 is 0 Å². The summed E-state index contributed by atoms with van der Waals surface area (Å²) in [5.41, 5.74) is 6.61. The van der Waals surface area contributed by atoms with Crippen LogP contribution in [0.4, 0.5) is 17.3 Å². The van der Waals surface area contributed by atoms with Crippen molar-refractivity contribution in [3.05, 3.63) is 12.1 Å². The van der Waals surface area contributed by atoms with Crippen LogP contribution in [-0.4, -0.2) is 32.2 Å². The molecule has 0 amide bonds. The minimum atomic E-state index is 0.739. The van der Waals surface area contributed by atoms with Gasteiger partial charge in [0.1, 0.15) is 5.82 Å². The number of pyridine rings is 1. The maximum absolute atomic E-state index is 5.87. The molecule has 0 aliphatic carbocycles. The summed E-state index contributed by atoms with van der Waals surface area (Å²) in [5.74, 6) is 1.91. The number of aromatic nitrogens is 1. The van der Waals surface area contributed by atoms with Gasteiger partial charge >= 0.3 is 0 Å². The van der Waals surface area contributed by atoms with Gasteiger partial charge in [-0.15, -0.1) is 0 Å². The third kappa shape index (κ3) is 1.98. The van der Waals surface area contributed by atoms with E-state index in [9.17, 15) is 0 Å². The van der Waals surface area contributed by atoms with Crippen molar-refractivity contribution < 1.29 is 0 Å². The largest absolute Gasteiger partial charge is 0.396 e. The zero-order valence-corrected chi connectivity index (χ0v) is 9.40. The molecule has 2 heterocycles. The zero-order valence-electron chi connectivity index (χ0n) is 9.40. The van der Waals surface area contributed by atoms with Crippen LogP contribution in [0.1, 0.15) is 12.8 Å². The molecule has 0 unspecified atom stereocenters. The fourth-order valence-electron chi connectivity index (χ4n) is 1.93. The number of hydrogen-bond donors (Lipinski definition) is 1. The van der Waals surface area contributed by atoms with Crippen LogP contribution >= 0.6 is 0 Å². The van der Waals surface area contributed by atoms with Crippen LogP contribution in [0.3, 0.4) is 0 Å². The van der Waals surface area contributed by atoms with Gasteiger partial charge < -0.3 is 15.5 Å². The topological polar surface area (TPSA) is 45.4 Å². The molecule has 1 aromatic rings. The van der Waals surface area contributed by atoms with Crippen molar-refractivity contribution in [2.24, 2.45) is 0 Å². The van der Waals surface area contributed by atoms with Crippen molar-refractivity contribution >= 4 is 17.3 Å². The molecule has 0 atom stereocenters. The molecule has 1 fully saturated rings. The molecule has 0 spiro atoms. The molecule has 2 N–H and O–H groups in total. The Morgan fingerprint density at radius 3 is 2.53 bits per heavy atom. The molecule has 1 aliphatic heterocycles. The third-order valence-electron chi connectivity index (χ3n) is 2.74. The van der Waals surface area contributed by atoms with Crippen LogP contribution in [0.15, 0.2) is 12.1 Å². The van der Waals surface area contributed by atoms with E-state index in [0.29, 0.717) is 0 Å². The van der Waals surface area contributed by atoms with Gasteiger partial charge in [-0.3, -0.25) is 0 Å². The van der Waals surface area contributed by atoms with Gasteiger partial charge in [0.2, 0.25) is 0 Å². The van der Waals surface area contributed by atoms with Crippen LogP contribution in [0.2, 0.25) is 0 Å². The minimum absolute atomic E-state index is 0.739. The smallest absolute Gasteiger partial charge is 0.153 e. The molecule has 4 nitrogen and oxygen atoms in total. The molecule has 0 saturated carbocycles. The van der Waals surface area contributed by atoms with Crippen molar-refractivity contribution in [3.63, 3.8) is 0 Å². The third-order valence-corrected chi connectivity index (χ3v) is 2.74. The molecule has 82 valence electrons. The van der Waals surface area contributed by atoms with E-state index in [2.05, 4.69) is 9.88 Å². The standard InChI is InChI=1S/C11H18N4/c1-14(2)11-9(12)5-6-10(13-11)15-7-3-4-8-15/h5-6H,3-4,7-8,12H2,1-2H3. The number of nitrogens with zero attached hydrogens (tertiary/aromatic N) is 3. The fourth-order valence-corrected chi connectivity index (χ4v) is 1.93. The van der Waals surface area contributed by atoms with E-state index in [4.69, 9.17) is 5.73 Å². The van der Waals surface area contributed by atoms with Gasteiger partial charge in [-0.1, -0.05) is 0 Å². The summed E-state index contributed by atoms with van der Waals surface area (Å²) in [5, 5.41) is 0. The lowest BCUT2D eigenvalue weighted by atomic mass is 10.3. The van der Waals surface area contributed by atoms with E-state index in [1.165, 1.54) is 12.8 Å². The number of nitrogens with two attached hydrogens (primary N) is 1. The van der Waals surface area contributed by atoms with E-state index in [1.54, 1.807) is 0 Å². The Kier molecular flexibility index (Phi) is 2.66. The molecular formula is C11H18N4. The number of anilines is 3. The lowest BCUT2D eigenvalue weighted by Crippen LogP contribution is -2.21. The van der Waals surface area contributed by atoms with Crippen LogP contribution < -0.4 is 15.5 Å². The number of hydrogen-bond acceptors (Lipinski definition) is 4. The van der Waals surface area contributed by atoms with Gasteiger partial charge in [-0.2, -0.15) is 0 Å². The van der Waals surface area contributed by atoms with Gasteiger partial charge in [0.15, 0.2) is 5.82 Å². The highest BCUT2D eigenvalue weighted by atomic mass is 15.2. The van der Waals surface area contributed by atoms with E-state index in [0.717, 1.165) is 30.4 Å². The lowest BCUT2D eigenvalue weighted by Gasteiger charge is -2.20. The monoisotopic (exact) mass is 206 g/mol. The van der Waals surface area contributed by atoms with Crippen LogP contribution in [0.5, 0.6) is 0 Å². The lowest BCUT2D eigenvalue weighted by molar-refractivity contribution is 0.929. The van der Waals surface area contributed by atoms with Gasteiger partial charge in [0.25, 0.3) is 0 Å². The van der Waals surface area contributed by atoms with E-state index in [1.807, 2.05) is 31.1 Å². The Balaban J connectivity index is 2.29. The van der Waals surface area contributed by atoms with Gasteiger partial charge in [-0.25, -0.2) is 4.98 Å². The van der Waals surface area contributed by atoms with Gasteiger partial charge in [0, 0.05) is 27.2 Å². The maximum Gasteiger partial charge on any atom is 0.153 e. The fraction of sp³-hybridized carbons (Fsp3) is 0.545. The molecule has 1 aliphatic rings. The normalized spacial score (nSPS) is 15.7. The predicted molar refractivity (Wildman–Crippen MR) is 64.4 cm³/mol. The molecule has 4 heteroatoms.